The van der Waals surface area contributed by atoms with E-state index in [1.54, 1.807) is 0 Å². The van der Waals surface area contributed by atoms with Crippen molar-refractivity contribution in [2.24, 2.45) is 0 Å². The fourth-order valence-corrected chi connectivity index (χ4v) is 2.29. The van der Waals surface area contributed by atoms with E-state index in [-0.39, 0.29) is 0 Å². The van der Waals surface area contributed by atoms with Gasteiger partial charge in [-0.15, -0.1) is 0 Å². The Morgan fingerprint density at radius 2 is 2.07 bits per heavy atom. The highest BCUT2D eigenvalue weighted by Gasteiger charge is 2.17. The molecule has 0 saturated carbocycles. The lowest BCUT2D eigenvalue weighted by atomic mass is 9.98. The summed E-state index contributed by atoms with van der Waals surface area (Å²) in [6.07, 6.45) is 14.2. The number of ether oxygens (including phenoxy) is 1. The zero-order valence-electron chi connectivity index (χ0n) is 9.70. The normalized spacial score (nSPS) is 31.1. The van der Waals surface area contributed by atoms with Gasteiger partial charge < -0.3 is 4.74 Å². The van der Waals surface area contributed by atoms with E-state index in [1.807, 2.05) is 0 Å². The summed E-state index contributed by atoms with van der Waals surface area (Å²) in [7, 11) is 0. The molecule has 0 heterocycles. The minimum absolute atomic E-state index is 0.294. The van der Waals surface area contributed by atoms with Crippen LogP contribution in [0.1, 0.15) is 39.5 Å². The van der Waals surface area contributed by atoms with Crippen molar-refractivity contribution in [1.29, 1.82) is 0 Å². The molecule has 0 N–H and O–H groups in total. The molecule has 0 fully saturated rings. The van der Waals surface area contributed by atoms with E-state index in [1.165, 1.54) is 30.4 Å². The largest absolute Gasteiger partial charge is 0.367 e. The zero-order chi connectivity index (χ0) is 10.7. The fourth-order valence-electron chi connectivity index (χ4n) is 2.29. The second-order valence-corrected chi connectivity index (χ2v) is 4.72. The molecule has 2 aliphatic rings. The third kappa shape index (κ3) is 3.07. The fraction of sp³-hybridized carbons (Fsp3) is 0.571. The van der Waals surface area contributed by atoms with Gasteiger partial charge in [0.05, 0.1) is 12.2 Å². The highest BCUT2D eigenvalue weighted by molar-refractivity contribution is 5.19. The van der Waals surface area contributed by atoms with Crippen LogP contribution in [0.5, 0.6) is 0 Å². The highest BCUT2D eigenvalue weighted by atomic mass is 16.5. The maximum Gasteiger partial charge on any atom is 0.0804 e. The molecule has 1 nitrogen and oxygen atoms in total. The van der Waals surface area contributed by atoms with Gasteiger partial charge in [-0.25, -0.2) is 0 Å². The van der Waals surface area contributed by atoms with Crippen LogP contribution in [0.4, 0.5) is 0 Å². The van der Waals surface area contributed by atoms with E-state index in [2.05, 4.69) is 38.2 Å². The first-order valence-electron chi connectivity index (χ1n) is 5.91. The zero-order valence-corrected chi connectivity index (χ0v) is 9.70. The van der Waals surface area contributed by atoms with Gasteiger partial charge in [-0.1, -0.05) is 35.5 Å². The minimum Gasteiger partial charge on any atom is -0.367 e. The molecule has 2 aliphatic carbocycles. The molecule has 0 amide bonds. The van der Waals surface area contributed by atoms with Crippen LogP contribution in [0.15, 0.2) is 35.5 Å². The topological polar surface area (TPSA) is 9.23 Å². The molecule has 0 aliphatic heterocycles. The van der Waals surface area contributed by atoms with Gasteiger partial charge in [-0.3, -0.25) is 0 Å². The lowest BCUT2D eigenvalue weighted by Gasteiger charge is -2.25. The molecule has 0 aromatic rings. The van der Waals surface area contributed by atoms with Crippen molar-refractivity contribution in [2.45, 2.75) is 51.7 Å². The molecule has 2 rings (SSSR count). The lowest BCUT2D eigenvalue weighted by Crippen LogP contribution is -2.22. The van der Waals surface area contributed by atoms with Crippen LogP contribution in [-0.2, 0) is 4.74 Å². The van der Waals surface area contributed by atoms with Crippen LogP contribution in [0.3, 0.4) is 0 Å². The summed E-state index contributed by atoms with van der Waals surface area (Å²) in [6, 6.07) is 0. The van der Waals surface area contributed by atoms with Crippen LogP contribution < -0.4 is 0 Å². The van der Waals surface area contributed by atoms with Crippen molar-refractivity contribution in [1.82, 2.24) is 0 Å². The summed E-state index contributed by atoms with van der Waals surface area (Å²) < 4.78 is 6.07. The van der Waals surface area contributed by atoms with Gasteiger partial charge in [0.25, 0.3) is 0 Å². The van der Waals surface area contributed by atoms with E-state index in [0.29, 0.717) is 12.2 Å². The molecule has 0 aromatic carbocycles. The van der Waals surface area contributed by atoms with Gasteiger partial charge >= 0.3 is 0 Å². The molecule has 0 aromatic heterocycles. The van der Waals surface area contributed by atoms with Gasteiger partial charge in [-0.2, -0.15) is 0 Å². The first-order chi connectivity index (χ1) is 7.24. The molecular weight excluding hydrogens is 184 g/mol. The molecule has 0 radical (unpaired) electrons. The number of hydrogen-bond acceptors (Lipinski definition) is 1. The van der Waals surface area contributed by atoms with Gasteiger partial charge in [0.2, 0.25) is 0 Å². The molecule has 1 heteroatoms. The molecular formula is C14H20O. The second-order valence-electron chi connectivity index (χ2n) is 4.72. The Morgan fingerprint density at radius 3 is 2.80 bits per heavy atom. The highest BCUT2D eigenvalue weighted by Crippen LogP contribution is 2.23. The Kier molecular flexibility index (Phi) is 3.42. The Hall–Kier alpha value is -0.820. The summed E-state index contributed by atoms with van der Waals surface area (Å²) in [6.45, 7) is 4.37. The monoisotopic (exact) mass is 204 g/mol. The van der Waals surface area contributed by atoms with E-state index in [9.17, 15) is 0 Å². The first kappa shape index (κ1) is 10.7. The summed E-state index contributed by atoms with van der Waals surface area (Å²) in [5.74, 6) is 0. The van der Waals surface area contributed by atoms with E-state index >= 15 is 0 Å². The van der Waals surface area contributed by atoms with Crippen molar-refractivity contribution in [3.8, 4) is 0 Å². The van der Waals surface area contributed by atoms with E-state index in [4.69, 9.17) is 4.74 Å². The van der Waals surface area contributed by atoms with Crippen molar-refractivity contribution < 1.29 is 4.74 Å². The Bertz CT molecular complexity index is 309. The summed E-state index contributed by atoms with van der Waals surface area (Å²) >= 11 is 0. The van der Waals surface area contributed by atoms with E-state index < -0.39 is 0 Å². The molecule has 2 atom stereocenters. The van der Waals surface area contributed by atoms with Crippen molar-refractivity contribution >= 4 is 0 Å². The van der Waals surface area contributed by atoms with Gasteiger partial charge in [0, 0.05) is 0 Å². The number of rotatable bonds is 2. The van der Waals surface area contributed by atoms with Crippen molar-refractivity contribution in [3.63, 3.8) is 0 Å². The third-order valence-electron chi connectivity index (χ3n) is 3.11. The molecule has 0 bridgehead atoms. The maximum atomic E-state index is 6.07. The van der Waals surface area contributed by atoms with Crippen LogP contribution in [0.25, 0.3) is 0 Å². The average molecular weight is 204 g/mol. The van der Waals surface area contributed by atoms with Gasteiger partial charge in [0.15, 0.2) is 0 Å². The maximum absolute atomic E-state index is 6.07. The lowest BCUT2D eigenvalue weighted by molar-refractivity contribution is 0.0323. The number of allylic oxidation sites excluding steroid dienone is 3. The summed E-state index contributed by atoms with van der Waals surface area (Å²) in [5.41, 5.74) is 2.90. The molecule has 0 saturated heterocycles. The van der Waals surface area contributed by atoms with Crippen molar-refractivity contribution in [3.05, 3.63) is 35.5 Å². The minimum atomic E-state index is 0.294. The summed E-state index contributed by atoms with van der Waals surface area (Å²) in [4.78, 5) is 0. The van der Waals surface area contributed by atoms with E-state index in [0.717, 1.165) is 6.42 Å². The Labute approximate surface area is 92.5 Å². The van der Waals surface area contributed by atoms with Crippen LogP contribution in [0, 0.1) is 0 Å². The van der Waals surface area contributed by atoms with Gasteiger partial charge in [-0.05, 0) is 39.5 Å². The Balaban J connectivity index is 1.90. The van der Waals surface area contributed by atoms with Crippen LogP contribution >= 0.6 is 0 Å². The predicted octanol–water partition coefficient (Wildman–Crippen LogP) is 3.78. The van der Waals surface area contributed by atoms with Crippen LogP contribution in [0.2, 0.25) is 0 Å². The van der Waals surface area contributed by atoms with Gasteiger partial charge in [0.1, 0.15) is 0 Å². The predicted molar refractivity (Wildman–Crippen MR) is 63.8 cm³/mol. The molecule has 0 spiro atoms. The third-order valence-corrected chi connectivity index (χ3v) is 3.11. The molecule has 82 valence electrons. The second kappa shape index (κ2) is 4.80. The smallest absolute Gasteiger partial charge is 0.0804 e. The SMILES string of the molecule is CC1=CC(OC2C=CC=C(C)C2)CCC1. The Morgan fingerprint density at radius 1 is 1.20 bits per heavy atom. The standard InChI is InChI=1S/C14H20O/c1-11-5-3-7-13(9-11)15-14-8-4-6-12(2)10-14/h3,5,7,10,13-14H,4,6,8-9H2,1-2H3. The first-order valence-corrected chi connectivity index (χ1v) is 5.91. The summed E-state index contributed by atoms with van der Waals surface area (Å²) in [5, 5.41) is 0. The quantitative estimate of drug-likeness (QED) is 0.622. The molecule has 2 unspecified atom stereocenters. The van der Waals surface area contributed by atoms with Crippen molar-refractivity contribution in [2.75, 3.05) is 0 Å². The molecule has 15 heavy (non-hydrogen) atoms. The van der Waals surface area contributed by atoms with Crippen LogP contribution in [-0.4, -0.2) is 12.2 Å². The average Bonchev–Trinajstić information content (AvgIpc) is 2.17. The number of hydrogen-bond donors (Lipinski definition) is 0.